The molecule has 0 aliphatic carbocycles. The van der Waals surface area contributed by atoms with Crippen LogP contribution in [0.2, 0.25) is 5.02 Å². The Morgan fingerprint density at radius 2 is 1.85 bits per heavy atom. The molecule has 8 nitrogen and oxygen atoms in total. The number of hydrogen-bond acceptors (Lipinski definition) is 5. The minimum absolute atomic E-state index is 0.0635. The summed E-state index contributed by atoms with van der Waals surface area (Å²) in [6.07, 6.45) is 1.57. The summed E-state index contributed by atoms with van der Waals surface area (Å²) in [5, 5.41) is 17.0. The van der Waals surface area contributed by atoms with Crippen molar-refractivity contribution in [3.8, 4) is 0 Å². The van der Waals surface area contributed by atoms with Gasteiger partial charge in [0.2, 0.25) is 17.7 Å². The van der Waals surface area contributed by atoms with Gasteiger partial charge in [-0.15, -0.1) is 0 Å². The topological polar surface area (TPSA) is 108 Å². The maximum atomic E-state index is 14.4. The molecule has 3 unspecified atom stereocenters. The van der Waals surface area contributed by atoms with Crippen LogP contribution < -0.4 is 10.6 Å². The SMILES string of the molecule is CCCNC(=O)[C@@H]1[C@H]2C(=O)N([C@@H](CO)Cc3ccccc3)C(C(=O)Nc3ccc(Cl)cc3)C23CC(C)[C@@]1(C)O3. The lowest BCUT2D eigenvalue weighted by atomic mass is 9.62. The molecular weight excluding hydrogens is 518 g/mol. The van der Waals surface area contributed by atoms with E-state index in [0.717, 1.165) is 12.0 Å². The van der Waals surface area contributed by atoms with Gasteiger partial charge in [-0.25, -0.2) is 0 Å². The van der Waals surface area contributed by atoms with Crippen LogP contribution in [-0.4, -0.2) is 64.2 Å². The van der Waals surface area contributed by atoms with Crippen molar-refractivity contribution in [2.24, 2.45) is 17.8 Å². The molecule has 1 spiro atoms. The van der Waals surface area contributed by atoms with Gasteiger partial charge in [-0.1, -0.05) is 55.8 Å². The van der Waals surface area contributed by atoms with Gasteiger partial charge in [0, 0.05) is 17.3 Å². The van der Waals surface area contributed by atoms with Crippen LogP contribution in [0.3, 0.4) is 0 Å². The fourth-order valence-corrected chi connectivity index (χ4v) is 7.13. The molecule has 9 heteroatoms. The number of halogens is 1. The number of aliphatic hydroxyl groups excluding tert-OH is 1. The molecule has 3 aliphatic rings. The predicted molar refractivity (Wildman–Crippen MR) is 148 cm³/mol. The average Bonchev–Trinajstić information content (AvgIpc) is 3.44. The van der Waals surface area contributed by atoms with Crippen LogP contribution >= 0.6 is 11.6 Å². The number of carbonyl (C=O) groups excluding carboxylic acids is 3. The second-order valence-electron chi connectivity index (χ2n) is 11.3. The van der Waals surface area contributed by atoms with Gasteiger partial charge in [-0.05, 0) is 61.9 Å². The number of carbonyl (C=O) groups is 3. The second kappa shape index (κ2) is 10.6. The van der Waals surface area contributed by atoms with Crippen LogP contribution in [0, 0.1) is 17.8 Å². The van der Waals surface area contributed by atoms with Gasteiger partial charge in [0.25, 0.3) is 0 Å². The van der Waals surface area contributed by atoms with E-state index in [1.807, 2.05) is 51.1 Å². The number of anilines is 1. The molecule has 2 aromatic carbocycles. The normalized spacial score (nSPS) is 31.7. The van der Waals surface area contributed by atoms with E-state index >= 15 is 0 Å². The van der Waals surface area contributed by atoms with E-state index in [-0.39, 0.29) is 24.3 Å². The van der Waals surface area contributed by atoms with Crippen LogP contribution in [0.15, 0.2) is 54.6 Å². The Kier molecular flexibility index (Phi) is 7.48. The molecule has 3 saturated heterocycles. The first-order valence-electron chi connectivity index (χ1n) is 13.7. The Labute approximate surface area is 234 Å². The Balaban J connectivity index is 1.58. The monoisotopic (exact) mass is 553 g/mol. The van der Waals surface area contributed by atoms with Crippen molar-refractivity contribution in [1.29, 1.82) is 0 Å². The molecule has 2 aromatic rings. The van der Waals surface area contributed by atoms with E-state index in [1.165, 1.54) is 4.90 Å². The quantitative estimate of drug-likeness (QED) is 0.441. The number of nitrogens with one attached hydrogen (secondary N) is 2. The number of likely N-dealkylation sites (tertiary alicyclic amines) is 1. The number of benzene rings is 2. The first kappa shape index (κ1) is 27.6. The third kappa shape index (κ3) is 4.52. The lowest BCUT2D eigenvalue weighted by molar-refractivity contribution is -0.149. The number of ether oxygens (including phenoxy) is 1. The van der Waals surface area contributed by atoms with Gasteiger partial charge in [-0.2, -0.15) is 0 Å². The minimum atomic E-state index is -1.19. The van der Waals surface area contributed by atoms with E-state index in [2.05, 4.69) is 10.6 Å². The second-order valence-corrected chi connectivity index (χ2v) is 11.7. The van der Waals surface area contributed by atoms with E-state index in [4.69, 9.17) is 16.3 Å². The number of fused-ring (bicyclic) bond motifs is 1. The first-order valence-corrected chi connectivity index (χ1v) is 14.0. The third-order valence-corrected chi connectivity index (χ3v) is 9.11. The molecule has 7 atom stereocenters. The highest BCUT2D eigenvalue weighted by Gasteiger charge is 2.80. The number of nitrogens with zero attached hydrogens (tertiary/aromatic N) is 1. The molecule has 3 heterocycles. The van der Waals surface area contributed by atoms with Gasteiger partial charge < -0.3 is 25.4 Å². The molecule has 0 aromatic heterocycles. The van der Waals surface area contributed by atoms with Crippen molar-refractivity contribution < 1.29 is 24.2 Å². The molecule has 0 saturated carbocycles. The molecule has 3 N–H and O–H groups in total. The van der Waals surface area contributed by atoms with Gasteiger partial charge >= 0.3 is 0 Å². The summed E-state index contributed by atoms with van der Waals surface area (Å²) < 4.78 is 6.75. The lowest BCUT2D eigenvalue weighted by Gasteiger charge is -2.37. The molecule has 5 rings (SSSR count). The molecule has 39 heavy (non-hydrogen) atoms. The maximum absolute atomic E-state index is 14.4. The van der Waals surface area contributed by atoms with Crippen molar-refractivity contribution in [3.05, 3.63) is 65.2 Å². The van der Waals surface area contributed by atoms with Gasteiger partial charge in [0.15, 0.2) is 0 Å². The third-order valence-electron chi connectivity index (χ3n) is 8.86. The summed E-state index contributed by atoms with van der Waals surface area (Å²) in [7, 11) is 0. The van der Waals surface area contributed by atoms with Crippen LogP contribution in [0.1, 0.15) is 39.2 Å². The van der Waals surface area contributed by atoms with Gasteiger partial charge in [-0.3, -0.25) is 14.4 Å². The molecule has 3 fully saturated rings. The Hall–Kier alpha value is -2.94. The molecule has 208 valence electrons. The summed E-state index contributed by atoms with van der Waals surface area (Å²) in [4.78, 5) is 43.5. The van der Waals surface area contributed by atoms with Crippen molar-refractivity contribution in [2.75, 3.05) is 18.5 Å². The van der Waals surface area contributed by atoms with E-state index in [1.54, 1.807) is 24.3 Å². The summed E-state index contributed by atoms with van der Waals surface area (Å²) in [5.41, 5.74) is -0.625. The highest BCUT2D eigenvalue weighted by Crippen LogP contribution is 2.65. The van der Waals surface area contributed by atoms with Crippen molar-refractivity contribution in [2.45, 2.75) is 63.3 Å². The molecule has 0 radical (unpaired) electrons. The Morgan fingerprint density at radius 1 is 1.15 bits per heavy atom. The zero-order valence-corrected chi connectivity index (χ0v) is 23.3. The number of aliphatic hydroxyl groups is 1. The molecule has 3 aliphatic heterocycles. The van der Waals surface area contributed by atoms with Crippen LogP contribution in [0.25, 0.3) is 0 Å². The Bertz CT molecular complexity index is 1240. The number of rotatable bonds is 9. The highest BCUT2D eigenvalue weighted by molar-refractivity contribution is 6.30. The van der Waals surface area contributed by atoms with E-state index < -0.39 is 41.0 Å². The summed E-state index contributed by atoms with van der Waals surface area (Å²) >= 11 is 6.04. The Morgan fingerprint density at radius 3 is 2.49 bits per heavy atom. The average molecular weight is 554 g/mol. The highest BCUT2D eigenvalue weighted by atomic mass is 35.5. The summed E-state index contributed by atoms with van der Waals surface area (Å²) in [6.45, 7) is 6.03. The van der Waals surface area contributed by atoms with Crippen LogP contribution in [0.5, 0.6) is 0 Å². The minimum Gasteiger partial charge on any atom is -0.394 e. The van der Waals surface area contributed by atoms with E-state index in [9.17, 15) is 19.5 Å². The smallest absolute Gasteiger partial charge is 0.250 e. The summed E-state index contributed by atoms with van der Waals surface area (Å²) in [5.74, 6) is -2.60. The molecular formula is C30H36ClN3O5. The number of hydrogen-bond donors (Lipinski definition) is 3. The lowest BCUT2D eigenvalue weighted by Crippen LogP contribution is -2.57. The summed E-state index contributed by atoms with van der Waals surface area (Å²) in [6, 6.07) is 14.6. The zero-order chi connectivity index (χ0) is 27.9. The van der Waals surface area contributed by atoms with Crippen LogP contribution in [-0.2, 0) is 25.5 Å². The van der Waals surface area contributed by atoms with E-state index in [0.29, 0.717) is 30.1 Å². The fourth-order valence-electron chi connectivity index (χ4n) is 7.01. The predicted octanol–water partition coefficient (Wildman–Crippen LogP) is 3.42. The maximum Gasteiger partial charge on any atom is 0.250 e. The largest absolute Gasteiger partial charge is 0.394 e. The van der Waals surface area contributed by atoms with Crippen molar-refractivity contribution in [1.82, 2.24) is 10.2 Å². The zero-order valence-electron chi connectivity index (χ0n) is 22.5. The molecule has 2 bridgehead atoms. The van der Waals surface area contributed by atoms with Gasteiger partial charge in [0.05, 0.1) is 30.1 Å². The van der Waals surface area contributed by atoms with Crippen molar-refractivity contribution in [3.63, 3.8) is 0 Å². The van der Waals surface area contributed by atoms with Gasteiger partial charge in [0.1, 0.15) is 11.6 Å². The number of amides is 3. The first-order chi connectivity index (χ1) is 18.7. The fraction of sp³-hybridized carbons (Fsp3) is 0.500. The molecule has 3 amide bonds. The van der Waals surface area contributed by atoms with Crippen molar-refractivity contribution >= 4 is 35.0 Å². The standard InChI is InChI=1S/C30H36ClN3O5/c1-4-14-32-26(36)23-24-28(38)34(22(17-35)15-19-8-6-5-7-9-19)25(30(24)16-18(2)29(23,3)39-30)27(37)33-21-12-10-20(31)11-13-21/h5-13,18,22-25,35H,4,14-17H2,1-3H3,(H,32,36)(H,33,37)/t18?,22-,23+,24+,25?,29-,30?/m1/s1. The van der Waals surface area contributed by atoms with Crippen LogP contribution in [0.4, 0.5) is 5.69 Å².